The molecule has 3 aromatic carbocycles. The minimum absolute atomic E-state index is 0.0168. The zero-order valence-corrected chi connectivity index (χ0v) is 21.2. The van der Waals surface area contributed by atoms with Gasteiger partial charge in [0.25, 0.3) is 11.6 Å². The highest BCUT2D eigenvalue weighted by molar-refractivity contribution is 5.99. The first-order valence-corrected chi connectivity index (χ1v) is 11.8. The molecule has 15 nitrogen and oxygen atoms in total. The number of rotatable bonds is 8. The summed E-state index contributed by atoms with van der Waals surface area (Å²) in [5, 5.41) is 30.3. The number of carbonyl (C=O) groups is 2. The van der Waals surface area contributed by atoms with Gasteiger partial charge in [-0.25, -0.2) is 14.8 Å². The van der Waals surface area contributed by atoms with Gasteiger partial charge in [0.2, 0.25) is 11.6 Å². The van der Waals surface area contributed by atoms with Gasteiger partial charge in [-0.15, -0.1) is 5.10 Å². The highest BCUT2D eigenvalue weighted by Crippen LogP contribution is 2.24. The number of hydrogen-bond donors (Lipinski definition) is 2. The number of nitrogens with zero attached hydrogens (tertiary/aromatic N) is 7. The van der Waals surface area contributed by atoms with E-state index < -0.39 is 16.8 Å². The summed E-state index contributed by atoms with van der Waals surface area (Å²) in [6, 6.07) is 19.2. The molecule has 5 rings (SSSR count). The molecule has 5 aromatic rings. The fourth-order valence-corrected chi connectivity index (χ4v) is 3.79. The second-order valence-electron chi connectivity index (χ2n) is 8.46. The molecule has 0 spiro atoms. The molecule has 0 aliphatic heterocycles. The molecular formula is C26H19N9O6. The maximum Gasteiger partial charge on any atom is 0.343 e. The fourth-order valence-electron chi connectivity index (χ4n) is 3.79. The number of nitrogens with one attached hydrogen (secondary N) is 1. The topological polar surface area (TPSA) is 207 Å². The Morgan fingerprint density at radius 1 is 1.10 bits per heavy atom. The van der Waals surface area contributed by atoms with Crippen molar-refractivity contribution in [1.29, 1.82) is 0 Å². The minimum atomic E-state index is -0.693. The third-order valence-electron chi connectivity index (χ3n) is 5.71. The SMILES string of the molecule is Cc1cc(C(=O)Oc2cccc(/C=N/NC(=O)c3c(-c4ccccc4)nnn3-c3nonc3N)c2)ccc1[N+](=O)[O-]. The molecular weight excluding hydrogens is 534 g/mol. The largest absolute Gasteiger partial charge is 0.423 e. The molecule has 0 atom stereocenters. The number of nitro groups is 1. The van der Waals surface area contributed by atoms with Crippen molar-refractivity contribution < 1.29 is 23.9 Å². The first-order valence-electron chi connectivity index (χ1n) is 11.8. The smallest absolute Gasteiger partial charge is 0.343 e. The van der Waals surface area contributed by atoms with Gasteiger partial charge in [-0.2, -0.15) is 9.78 Å². The van der Waals surface area contributed by atoms with Crippen molar-refractivity contribution in [2.24, 2.45) is 5.10 Å². The lowest BCUT2D eigenvalue weighted by atomic mass is 10.1. The van der Waals surface area contributed by atoms with Crippen molar-refractivity contribution >= 4 is 29.6 Å². The first kappa shape index (κ1) is 26.4. The van der Waals surface area contributed by atoms with Gasteiger partial charge in [0, 0.05) is 17.2 Å². The van der Waals surface area contributed by atoms with Gasteiger partial charge in [-0.3, -0.25) is 14.9 Å². The molecule has 0 fully saturated rings. The van der Waals surface area contributed by atoms with Gasteiger partial charge in [0.05, 0.1) is 16.7 Å². The van der Waals surface area contributed by atoms with Crippen molar-refractivity contribution in [2.75, 3.05) is 5.73 Å². The molecule has 0 saturated carbocycles. The predicted octanol–water partition coefficient (Wildman–Crippen LogP) is 3.10. The molecule has 204 valence electrons. The monoisotopic (exact) mass is 553 g/mol. The highest BCUT2D eigenvalue weighted by Gasteiger charge is 2.26. The lowest BCUT2D eigenvalue weighted by molar-refractivity contribution is -0.385. The van der Waals surface area contributed by atoms with Gasteiger partial charge in [0.1, 0.15) is 11.4 Å². The van der Waals surface area contributed by atoms with Crippen molar-refractivity contribution in [2.45, 2.75) is 6.92 Å². The summed E-state index contributed by atoms with van der Waals surface area (Å²) in [5.41, 5.74) is 9.94. The van der Waals surface area contributed by atoms with E-state index in [-0.39, 0.29) is 40.0 Å². The van der Waals surface area contributed by atoms with Crippen molar-refractivity contribution in [3.05, 3.63) is 105 Å². The van der Waals surface area contributed by atoms with Crippen LogP contribution in [0.25, 0.3) is 17.1 Å². The normalized spacial score (nSPS) is 11.0. The predicted molar refractivity (Wildman–Crippen MR) is 143 cm³/mol. The average molecular weight is 553 g/mol. The second kappa shape index (κ2) is 11.2. The van der Waals surface area contributed by atoms with Crippen LogP contribution >= 0.6 is 0 Å². The molecule has 0 aliphatic rings. The summed E-state index contributed by atoms with van der Waals surface area (Å²) >= 11 is 0. The maximum absolute atomic E-state index is 13.2. The number of ether oxygens (including phenoxy) is 1. The van der Waals surface area contributed by atoms with Crippen LogP contribution in [0.4, 0.5) is 11.5 Å². The van der Waals surface area contributed by atoms with Crippen molar-refractivity contribution in [3.8, 4) is 22.8 Å². The lowest BCUT2D eigenvalue weighted by Crippen LogP contribution is -2.22. The molecule has 15 heteroatoms. The number of nitrogens with two attached hydrogens (primary N) is 1. The Hall–Kier alpha value is -6.25. The number of esters is 1. The number of nitrogen functional groups attached to an aromatic ring is 1. The van der Waals surface area contributed by atoms with Gasteiger partial charge in [-0.1, -0.05) is 47.7 Å². The van der Waals surface area contributed by atoms with E-state index in [4.69, 9.17) is 10.5 Å². The Morgan fingerprint density at radius 2 is 1.90 bits per heavy atom. The molecule has 3 N–H and O–H groups in total. The Balaban J connectivity index is 1.33. The number of aromatic nitrogens is 5. The van der Waals surface area contributed by atoms with Crippen LogP contribution in [-0.2, 0) is 0 Å². The molecule has 0 aliphatic carbocycles. The van der Waals surface area contributed by atoms with Crippen LogP contribution in [0, 0.1) is 17.0 Å². The lowest BCUT2D eigenvalue weighted by Gasteiger charge is -2.06. The van der Waals surface area contributed by atoms with E-state index >= 15 is 0 Å². The number of anilines is 1. The molecule has 0 unspecified atom stereocenters. The van der Waals surface area contributed by atoms with Gasteiger partial charge in [-0.05, 0) is 47.1 Å². The van der Waals surface area contributed by atoms with E-state index in [0.717, 1.165) is 4.68 Å². The summed E-state index contributed by atoms with van der Waals surface area (Å²) in [6.07, 6.45) is 1.34. The van der Waals surface area contributed by atoms with Crippen molar-refractivity contribution in [3.63, 3.8) is 0 Å². The standard InChI is InChI=1S/C26H19N9O6/c1-15-12-18(10-11-20(15)35(38)39)26(37)40-19-9-5-6-16(13-19)14-28-30-25(36)22-21(17-7-3-2-4-8-17)29-33-34(22)24-23(27)31-41-32-24/h2-14H,1H3,(H2,27,31)(H,30,36)/b28-14+. The summed E-state index contributed by atoms with van der Waals surface area (Å²) < 4.78 is 11.1. The van der Waals surface area contributed by atoms with Gasteiger partial charge in [0.15, 0.2) is 5.69 Å². The van der Waals surface area contributed by atoms with Crippen LogP contribution in [-0.4, -0.2) is 48.3 Å². The highest BCUT2D eigenvalue weighted by atomic mass is 16.6. The van der Waals surface area contributed by atoms with Crippen LogP contribution in [0.2, 0.25) is 0 Å². The van der Waals surface area contributed by atoms with E-state index in [1.54, 1.807) is 42.5 Å². The third-order valence-corrected chi connectivity index (χ3v) is 5.71. The summed E-state index contributed by atoms with van der Waals surface area (Å²) in [4.78, 5) is 36.3. The Labute approximate surface area is 230 Å². The zero-order chi connectivity index (χ0) is 28.9. The molecule has 0 bridgehead atoms. The number of carbonyl (C=O) groups excluding carboxylic acids is 2. The molecule has 41 heavy (non-hydrogen) atoms. The molecule has 0 saturated heterocycles. The minimum Gasteiger partial charge on any atom is -0.423 e. The van der Waals surface area contributed by atoms with Gasteiger partial charge >= 0.3 is 5.97 Å². The van der Waals surface area contributed by atoms with Crippen molar-refractivity contribution in [1.82, 2.24) is 30.7 Å². The molecule has 1 amide bonds. The van der Waals surface area contributed by atoms with E-state index in [1.807, 2.05) is 6.07 Å². The Bertz CT molecular complexity index is 1800. The van der Waals surface area contributed by atoms with Gasteiger partial charge < -0.3 is 10.5 Å². The van der Waals surface area contributed by atoms with E-state index in [9.17, 15) is 19.7 Å². The van der Waals surface area contributed by atoms with Crippen LogP contribution in [0.5, 0.6) is 5.75 Å². The maximum atomic E-state index is 13.2. The van der Waals surface area contributed by atoms with Crippen LogP contribution in [0.3, 0.4) is 0 Å². The summed E-state index contributed by atoms with van der Waals surface area (Å²) in [5.74, 6) is -1.29. The molecule has 0 radical (unpaired) electrons. The molecule has 2 heterocycles. The van der Waals surface area contributed by atoms with Crippen LogP contribution < -0.4 is 15.9 Å². The average Bonchev–Trinajstić information content (AvgIpc) is 3.59. The zero-order valence-electron chi connectivity index (χ0n) is 21.2. The first-order chi connectivity index (χ1) is 19.8. The summed E-state index contributed by atoms with van der Waals surface area (Å²) in [6.45, 7) is 1.53. The second-order valence-corrected chi connectivity index (χ2v) is 8.46. The summed E-state index contributed by atoms with van der Waals surface area (Å²) in [7, 11) is 0. The number of benzene rings is 3. The quantitative estimate of drug-likeness (QED) is 0.0938. The number of hydrogen-bond acceptors (Lipinski definition) is 12. The Kier molecular flexibility index (Phi) is 7.23. The number of nitro benzene ring substituents is 1. The number of amides is 1. The van der Waals surface area contributed by atoms with E-state index in [0.29, 0.717) is 16.7 Å². The number of hydrazone groups is 1. The number of aryl methyl sites for hydroxylation is 1. The third kappa shape index (κ3) is 5.63. The van der Waals surface area contributed by atoms with E-state index in [1.165, 1.54) is 37.4 Å². The fraction of sp³-hybridized carbons (Fsp3) is 0.0385. The Morgan fingerprint density at radius 3 is 2.61 bits per heavy atom. The van der Waals surface area contributed by atoms with Crippen LogP contribution in [0.1, 0.15) is 32.0 Å². The van der Waals surface area contributed by atoms with E-state index in [2.05, 4.69) is 35.8 Å². The molecule has 2 aromatic heterocycles. The van der Waals surface area contributed by atoms with Crippen LogP contribution in [0.15, 0.2) is 82.5 Å².